The molecule has 0 aromatic heterocycles. The quantitative estimate of drug-likeness (QED) is 0.291. The maximum absolute atomic E-state index is 6.54. The van der Waals surface area contributed by atoms with E-state index in [0.717, 1.165) is 46.0 Å². The van der Waals surface area contributed by atoms with Crippen LogP contribution in [0.2, 0.25) is 0 Å². The first kappa shape index (κ1) is 27.0. The Hall–Kier alpha value is -0.591. The summed E-state index contributed by atoms with van der Waals surface area (Å²) < 4.78 is 7.53. The molecule has 2 heteroatoms. The molecule has 0 N–H and O–H groups in total. The molecule has 0 saturated heterocycles. The molecule has 5 rings (SSSR count). The van der Waals surface area contributed by atoms with Gasteiger partial charge in [0, 0.05) is 0 Å². The number of fused-ring (bicyclic) bond motifs is 5. The molecule has 4 aliphatic rings. The van der Waals surface area contributed by atoms with E-state index < -0.39 is 0 Å². The summed E-state index contributed by atoms with van der Waals surface area (Å²) in [4.78, 5) is 0. The molecule has 0 spiro atoms. The Morgan fingerprint density at radius 1 is 0.889 bits per heavy atom. The van der Waals surface area contributed by atoms with E-state index in [4.69, 9.17) is 4.74 Å². The summed E-state index contributed by atoms with van der Waals surface area (Å²) in [6, 6.07) is 10.6. The number of rotatable bonds is 8. The van der Waals surface area contributed by atoms with Crippen LogP contribution in [0.25, 0.3) is 0 Å². The van der Waals surface area contributed by atoms with E-state index in [1.807, 2.05) is 0 Å². The van der Waals surface area contributed by atoms with Crippen molar-refractivity contribution in [3.05, 3.63) is 35.9 Å². The molecule has 0 heterocycles. The van der Waals surface area contributed by atoms with Gasteiger partial charge < -0.3 is 0 Å². The molecule has 0 amide bonds. The Kier molecular flexibility index (Phi) is 8.16. The average molecular weight is 556 g/mol. The van der Waals surface area contributed by atoms with Gasteiger partial charge in [-0.05, 0) is 5.92 Å². The van der Waals surface area contributed by atoms with Gasteiger partial charge in [0.05, 0.1) is 0 Å². The molecular weight excluding hydrogens is 503 g/mol. The standard InChI is InChI=1S/C34H52OSe/c1-23(2)10-9-11-24(3)29-16-17-30-28-15-14-26-22-27(35-32(36)25-12-7-6-8-13-25)18-20-33(26,4)31(28)19-21-34(29,30)5/h6-8,12-13,23-24,26-31H,9-11,14-22H2,1-5H3/t24-,26+,27+,28+,29-,30+,31+,33+,34-/m1/s1. The van der Waals surface area contributed by atoms with Gasteiger partial charge in [0.2, 0.25) is 0 Å². The molecule has 200 valence electrons. The van der Waals surface area contributed by atoms with Crippen molar-refractivity contribution in [3.63, 3.8) is 0 Å². The zero-order valence-electron chi connectivity index (χ0n) is 23.8. The number of benzene rings is 1. The van der Waals surface area contributed by atoms with Crippen molar-refractivity contribution in [2.75, 3.05) is 0 Å². The molecule has 9 atom stereocenters. The molecule has 1 aromatic rings. The molecule has 0 bridgehead atoms. The minimum atomic E-state index is 0.382. The van der Waals surface area contributed by atoms with Gasteiger partial charge in [-0.3, -0.25) is 0 Å². The zero-order chi connectivity index (χ0) is 25.5. The molecule has 0 unspecified atom stereocenters. The van der Waals surface area contributed by atoms with E-state index in [1.54, 1.807) is 0 Å². The van der Waals surface area contributed by atoms with E-state index in [1.165, 1.54) is 82.6 Å². The van der Waals surface area contributed by atoms with Crippen molar-refractivity contribution in [3.8, 4) is 0 Å². The van der Waals surface area contributed by atoms with Crippen molar-refractivity contribution >= 4 is 20.2 Å². The van der Waals surface area contributed by atoms with Crippen molar-refractivity contribution in [2.24, 2.45) is 52.3 Å². The van der Waals surface area contributed by atoms with E-state index in [-0.39, 0.29) is 0 Å². The predicted molar refractivity (Wildman–Crippen MR) is 154 cm³/mol. The summed E-state index contributed by atoms with van der Waals surface area (Å²) in [5, 5.41) is 0. The Morgan fingerprint density at radius 2 is 1.61 bits per heavy atom. The second-order valence-electron chi connectivity index (χ2n) is 14.4. The summed E-state index contributed by atoms with van der Waals surface area (Å²) in [6.45, 7) is 12.8. The Balaban J connectivity index is 1.22. The Morgan fingerprint density at radius 3 is 2.36 bits per heavy atom. The van der Waals surface area contributed by atoms with E-state index >= 15 is 0 Å². The van der Waals surface area contributed by atoms with Crippen LogP contribution in [0.5, 0.6) is 0 Å². The predicted octanol–water partition coefficient (Wildman–Crippen LogP) is 8.84. The first-order valence-electron chi connectivity index (χ1n) is 15.5. The third-order valence-electron chi connectivity index (χ3n) is 12.1. The molecular formula is C34H52OSe. The number of hydrogen-bond donors (Lipinski definition) is 0. The van der Waals surface area contributed by atoms with Crippen LogP contribution in [0.15, 0.2) is 30.3 Å². The maximum atomic E-state index is 6.54. The third kappa shape index (κ3) is 5.04. The van der Waals surface area contributed by atoms with Crippen LogP contribution in [-0.2, 0) is 4.74 Å². The van der Waals surface area contributed by atoms with Gasteiger partial charge in [-0.15, -0.1) is 0 Å². The fraction of sp³-hybridized carbons (Fsp3) is 0.794. The summed E-state index contributed by atoms with van der Waals surface area (Å²) in [7, 11) is 0. The van der Waals surface area contributed by atoms with Crippen LogP contribution in [0.4, 0.5) is 0 Å². The first-order valence-corrected chi connectivity index (χ1v) is 16.3. The van der Waals surface area contributed by atoms with Crippen LogP contribution in [0.3, 0.4) is 0 Å². The monoisotopic (exact) mass is 556 g/mol. The second kappa shape index (κ2) is 10.9. The average Bonchev–Trinajstić information content (AvgIpc) is 3.22. The summed E-state index contributed by atoms with van der Waals surface area (Å²) in [6.07, 6.45) is 17.5. The summed E-state index contributed by atoms with van der Waals surface area (Å²) in [5.41, 5.74) is 2.34. The Bertz CT molecular complexity index is 894. The molecule has 4 aliphatic carbocycles. The molecule has 0 aliphatic heterocycles. The molecule has 4 saturated carbocycles. The molecule has 1 aromatic carbocycles. The molecule has 0 radical (unpaired) electrons. The van der Waals surface area contributed by atoms with Crippen LogP contribution >= 0.6 is 0 Å². The fourth-order valence-corrected chi connectivity index (χ4v) is 10.7. The van der Waals surface area contributed by atoms with Gasteiger partial charge in [0.15, 0.2) is 0 Å². The van der Waals surface area contributed by atoms with E-state index in [0.29, 0.717) is 16.9 Å². The number of hydrogen-bond acceptors (Lipinski definition) is 1. The third-order valence-corrected chi connectivity index (χ3v) is 12.8. The fourth-order valence-electron chi connectivity index (χ4n) is 10.1. The van der Waals surface area contributed by atoms with Gasteiger partial charge >= 0.3 is 185 Å². The van der Waals surface area contributed by atoms with Gasteiger partial charge in [-0.2, -0.15) is 0 Å². The van der Waals surface area contributed by atoms with Gasteiger partial charge in [0.1, 0.15) is 0 Å². The van der Waals surface area contributed by atoms with Crippen molar-refractivity contribution < 1.29 is 4.74 Å². The van der Waals surface area contributed by atoms with Gasteiger partial charge in [-0.1, -0.05) is 40.0 Å². The number of ether oxygens (including phenoxy) is 1. The minimum absolute atomic E-state index is 0.382. The molecule has 36 heavy (non-hydrogen) atoms. The van der Waals surface area contributed by atoms with Crippen molar-refractivity contribution in [1.29, 1.82) is 0 Å². The van der Waals surface area contributed by atoms with Gasteiger partial charge in [-0.25, -0.2) is 0 Å². The first-order chi connectivity index (χ1) is 17.2. The SMILES string of the molecule is CC(C)CCC[C@@H](C)[C@H]1CC[C@H]2[C@@H]3CC[C@H]4C[C@@H](OC(=[Se])c5ccccc5)CC[C@]4(C)[C@H]3CC[C@]12C. The second-order valence-corrected chi connectivity index (χ2v) is 15.1. The van der Waals surface area contributed by atoms with Crippen LogP contribution in [-0.4, -0.2) is 26.3 Å². The van der Waals surface area contributed by atoms with Crippen molar-refractivity contribution in [1.82, 2.24) is 0 Å². The summed E-state index contributed by atoms with van der Waals surface area (Å²) in [5.74, 6) is 6.52. The van der Waals surface area contributed by atoms with Crippen molar-refractivity contribution in [2.45, 2.75) is 118 Å². The van der Waals surface area contributed by atoms with E-state index in [2.05, 4.69) is 80.5 Å². The summed E-state index contributed by atoms with van der Waals surface area (Å²) >= 11 is 3.22. The van der Waals surface area contributed by atoms with Crippen LogP contribution in [0.1, 0.15) is 117 Å². The topological polar surface area (TPSA) is 9.23 Å². The van der Waals surface area contributed by atoms with E-state index in [9.17, 15) is 0 Å². The van der Waals surface area contributed by atoms with Gasteiger partial charge in [0.25, 0.3) is 0 Å². The molecule has 4 fully saturated rings. The van der Waals surface area contributed by atoms with Crippen LogP contribution < -0.4 is 0 Å². The molecule has 1 nitrogen and oxygen atoms in total. The Labute approximate surface area is 230 Å². The zero-order valence-corrected chi connectivity index (χ0v) is 25.5. The van der Waals surface area contributed by atoms with Crippen LogP contribution in [0, 0.1) is 52.3 Å². The normalized spacial score (nSPS) is 40.7.